The monoisotopic (exact) mass is 327 g/mol. The van der Waals surface area contributed by atoms with Crippen molar-refractivity contribution in [2.24, 2.45) is 0 Å². The van der Waals surface area contributed by atoms with Crippen molar-refractivity contribution in [3.63, 3.8) is 0 Å². The molecule has 2 aromatic rings. The number of carbonyl (C=O) groups is 1. The smallest absolute Gasteiger partial charge is 0.420 e. The third-order valence-corrected chi connectivity index (χ3v) is 3.33. The molecule has 0 spiro atoms. The van der Waals surface area contributed by atoms with Crippen molar-refractivity contribution < 1.29 is 9.53 Å². The maximum absolute atomic E-state index is 12.7. The summed E-state index contributed by atoms with van der Waals surface area (Å²) in [6.07, 6.45) is 1.24. The van der Waals surface area contributed by atoms with Crippen LogP contribution in [0.25, 0.3) is 0 Å². The summed E-state index contributed by atoms with van der Waals surface area (Å²) >= 11 is 0. The second kappa shape index (κ2) is 6.91. The molecule has 0 saturated carbocycles. The molecule has 0 aliphatic carbocycles. The number of pyridine rings is 1. The number of carbonyl (C=O) groups excluding carboxylic acids is 1. The Balaban J connectivity index is 2.44. The molecule has 2 rings (SSSR count). The lowest BCUT2D eigenvalue weighted by Crippen LogP contribution is -2.34. The Morgan fingerprint density at radius 3 is 2.12 bits per heavy atom. The zero-order valence-electron chi connectivity index (χ0n) is 15.2. The van der Waals surface area contributed by atoms with Crippen LogP contribution >= 0.6 is 0 Å². The van der Waals surface area contributed by atoms with Crippen molar-refractivity contribution in [2.45, 2.75) is 33.3 Å². The van der Waals surface area contributed by atoms with E-state index in [-0.39, 0.29) is 0 Å². The third kappa shape index (κ3) is 4.47. The Morgan fingerprint density at radius 1 is 1.04 bits per heavy atom. The number of aromatic nitrogens is 1. The van der Waals surface area contributed by atoms with E-state index >= 15 is 0 Å². The molecule has 0 unspecified atom stereocenters. The normalized spacial score (nSPS) is 11.1. The molecule has 5 heteroatoms. The number of amides is 1. The molecule has 0 aliphatic heterocycles. The summed E-state index contributed by atoms with van der Waals surface area (Å²) in [7, 11) is 3.95. The van der Waals surface area contributed by atoms with Gasteiger partial charge < -0.3 is 9.64 Å². The molecule has 1 aromatic heterocycles. The van der Waals surface area contributed by atoms with Crippen molar-refractivity contribution >= 4 is 23.3 Å². The van der Waals surface area contributed by atoms with Gasteiger partial charge in [0.25, 0.3) is 0 Å². The third-order valence-electron chi connectivity index (χ3n) is 3.33. The second-order valence-corrected chi connectivity index (χ2v) is 6.92. The standard InChI is InChI=1S/C19H25N3O2/c1-14-11-12-20-17(13-14)22(18(23)24-19(2,3)4)16-9-7-15(8-10-16)21(5)6/h7-13H,1-6H3. The number of nitrogens with zero attached hydrogens (tertiary/aromatic N) is 3. The van der Waals surface area contributed by atoms with E-state index in [9.17, 15) is 4.79 Å². The Labute approximate surface area is 143 Å². The lowest BCUT2D eigenvalue weighted by atomic mass is 10.2. The largest absolute Gasteiger partial charge is 0.443 e. The first-order valence-corrected chi connectivity index (χ1v) is 7.90. The van der Waals surface area contributed by atoms with Crippen molar-refractivity contribution in [2.75, 3.05) is 23.9 Å². The van der Waals surface area contributed by atoms with Crippen LogP contribution < -0.4 is 9.80 Å². The predicted octanol–water partition coefficient (Wildman–Crippen LogP) is 4.53. The molecule has 0 bridgehead atoms. The summed E-state index contributed by atoms with van der Waals surface area (Å²) < 4.78 is 5.56. The van der Waals surface area contributed by atoms with E-state index in [0.29, 0.717) is 11.5 Å². The van der Waals surface area contributed by atoms with Crippen molar-refractivity contribution in [1.82, 2.24) is 4.98 Å². The number of aryl methyl sites for hydroxylation is 1. The van der Waals surface area contributed by atoms with E-state index in [2.05, 4.69) is 4.98 Å². The number of ether oxygens (including phenoxy) is 1. The van der Waals surface area contributed by atoms with E-state index in [1.54, 1.807) is 6.20 Å². The van der Waals surface area contributed by atoms with Crippen LogP contribution in [0, 0.1) is 6.92 Å². The van der Waals surface area contributed by atoms with Crippen molar-refractivity contribution in [3.8, 4) is 0 Å². The van der Waals surface area contributed by atoms with Gasteiger partial charge in [-0.25, -0.2) is 14.7 Å². The van der Waals surface area contributed by atoms with Crippen LogP contribution in [0.5, 0.6) is 0 Å². The van der Waals surface area contributed by atoms with Crippen LogP contribution in [0.2, 0.25) is 0 Å². The highest BCUT2D eigenvalue weighted by Crippen LogP contribution is 2.28. The van der Waals surface area contributed by atoms with Gasteiger partial charge in [0.15, 0.2) is 0 Å². The van der Waals surface area contributed by atoms with Gasteiger partial charge in [-0.1, -0.05) is 0 Å². The Bertz CT molecular complexity index is 703. The van der Waals surface area contributed by atoms with Gasteiger partial charge in [0.05, 0.1) is 5.69 Å². The van der Waals surface area contributed by atoms with Crippen LogP contribution in [0.1, 0.15) is 26.3 Å². The molecule has 5 nitrogen and oxygen atoms in total. The fourth-order valence-corrected chi connectivity index (χ4v) is 2.18. The van der Waals surface area contributed by atoms with Gasteiger partial charge in [0.1, 0.15) is 11.4 Å². The van der Waals surface area contributed by atoms with Gasteiger partial charge in [-0.15, -0.1) is 0 Å². The lowest BCUT2D eigenvalue weighted by Gasteiger charge is -2.27. The molecule has 0 saturated heterocycles. The minimum absolute atomic E-state index is 0.446. The summed E-state index contributed by atoms with van der Waals surface area (Å²) in [5, 5.41) is 0. The maximum atomic E-state index is 12.7. The maximum Gasteiger partial charge on any atom is 0.420 e. The average Bonchev–Trinajstić information content (AvgIpc) is 2.46. The molecular formula is C19H25N3O2. The summed E-state index contributed by atoms with van der Waals surface area (Å²) in [5.41, 5.74) is 2.22. The SMILES string of the molecule is Cc1ccnc(N(C(=O)OC(C)(C)C)c2ccc(N(C)C)cc2)c1. The zero-order valence-corrected chi connectivity index (χ0v) is 15.2. The average molecular weight is 327 g/mol. The van der Waals surface area contributed by atoms with Crippen molar-refractivity contribution in [3.05, 3.63) is 48.2 Å². The quantitative estimate of drug-likeness (QED) is 0.831. The van der Waals surface area contributed by atoms with E-state index < -0.39 is 11.7 Å². The molecule has 0 atom stereocenters. The fraction of sp³-hybridized carbons (Fsp3) is 0.368. The molecule has 0 N–H and O–H groups in total. The molecule has 128 valence electrons. The Kier molecular flexibility index (Phi) is 5.12. The minimum atomic E-state index is -0.581. The first kappa shape index (κ1) is 17.8. The van der Waals surface area contributed by atoms with Gasteiger partial charge >= 0.3 is 6.09 Å². The number of hydrogen-bond donors (Lipinski definition) is 0. The first-order chi connectivity index (χ1) is 11.2. The molecule has 0 aliphatic rings. The summed E-state index contributed by atoms with van der Waals surface area (Å²) in [6.45, 7) is 7.51. The molecule has 1 aromatic carbocycles. The van der Waals surface area contributed by atoms with Crippen molar-refractivity contribution in [1.29, 1.82) is 0 Å². The number of anilines is 3. The summed E-state index contributed by atoms with van der Waals surface area (Å²) in [5.74, 6) is 0.543. The first-order valence-electron chi connectivity index (χ1n) is 7.90. The predicted molar refractivity (Wildman–Crippen MR) is 98.1 cm³/mol. The fourth-order valence-electron chi connectivity index (χ4n) is 2.18. The molecule has 1 heterocycles. The minimum Gasteiger partial charge on any atom is -0.443 e. The van der Waals surface area contributed by atoms with Gasteiger partial charge in [-0.2, -0.15) is 0 Å². The van der Waals surface area contributed by atoms with Gasteiger partial charge in [0, 0.05) is 26.0 Å². The zero-order chi connectivity index (χ0) is 17.9. The highest BCUT2D eigenvalue weighted by atomic mass is 16.6. The molecule has 0 radical (unpaired) electrons. The Hall–Kier alpha value is -2.56. The van der Waals surface area contributed by atoms with E-state index in [4.69, 9.17) is 4.74 Å². The molecule has 0 fully saturated rings. The van der Waals surface area contributed by atoms with E-state index in [1.165, 1.54) is 4.90 Å². The summed E-state index contributed by atoms with van der Waals surface area (Å²) in [4.78, 5) is 20.6. The van der Waals surface area contributed by atoms with Crippen LogP contribution in [-0.2, 0) is 4.74 Å². The summed E-state index contributed by atoms with van der Waals surface area (Å²) in [6, 6.07) is 11.5. The van der Waals surface area contributed by atoms with Crippen LogP contribution in [0.3, 0.4) is 0 Å². The number of hydrogen-bond acceptors (Lipinski definition) is 4. The highest BCUT2D eigenvalue weighted by Gasteiger charge is 2.25. The van der Waals surface area contributed by atoms with Crippen LogP contribution in [0.4, 0.5) is 22.0 Å². The van der Waals surface area contributed by atoms with E-state index in [0.717, 1.165) is 11.3 Å². The van der Waals surface area contributed by atoms with E-state index in [1.807, 2.05) is 83.1 Å². The second-order valence-electron chi connectivity index (χ2n) is 6.92. The van der Waals surface area contributed by atoms with Crippen LogP contribution in [0.15, 0.2) is 42.6 Å². The van der Waals surface area contributed by atoms with Crippen LogP contribution in [-0.4, -0.2) is 30.8 Å². The topological polar surface area (TPSA) is 45.7 Å². The van der Waals surface area contributed by atoms with Gasteiger partial charge in [-0.3, -0.25) is 0 Å². The Morgan fingerprint density at radius 2 is 1.62 bits per heavy atom. The van der Waals surface area contributed by atoms with Gasteiger partial charge in [-0.05, 0) is 69.7 Å². The van der Waals surface area contributed by atoms with Gasteiger partial charge in [0.2, 0.25) is 0 Å². The number of rotatable bonds is 3. The lowest BCUT2D eigenvalue weighted by molar-refractivity contribution is 0.0598. The molecule has 1 amide bonds. The highest BCUT2D eigenvalue weighted by molar-refractivity contribution is 5.95. The molecule has 24 heavy (non-hydrogen) atoms. The molecular weight excluding hydrogens is 302 g/mol. The number of benzene rings is 1.